The maximum Gasteiger partial charge on any atom is 0.365 e. The van der Waals surface area contributed by atoms with Crippen LogP contribution in [0.1, 0.15) is 35.5 Å². The van der Waals surface area contributed by atoms with E-state index in [-0.39, 0.29) is 10.4 Å². The van der Waals surface area contributed by atoms with Gasteiger partial charge in [-0.3, -0.25) is 0 Å². The van der Waals surface area contributed by atoms with Crippen molar-refractivity contribution in [1.29, 1.82) is 0 Å². The summed E-state index contributed by atoms with van der Waals surface area (Å²) in [5, 5.41) is 8.85. The van der Waals surface area contributed by atoms with Gasteiger partial charge in [-0.25, -0.2) is 9.78 Å². The van der Waals surface area contributed by atoms with Gasteiger partial charge in [-0.2, -0.15) is 0 Å². The van der Waals surface area contributed by atoms with Crippen molar-refractivity contribution in [3.63, 3.8) is 0 Å². The van der Waals surface area contributed by atoms with Crippen molar-refractivity contribution in [1.82, 2.24) is 4.98 Å². The van der Waals surface area contributed by atoms with Gasteiger partial charge in [0.05, 0.1) is 0 Å². The molecule has 1 aromatic rings. The lowest BCUT2D eigenvalue weighted by molar-refractivity contribution is 0.0696. The molecule has 13 heavy (non-hydrogen) atoms. The van der Waals surface area contributed by atoms with E-state index in [2.05, 4.69) is 20.9 Å². The fraction of sp³-hybridized carbons (Fsp3) is 0.500. The van der Waals surface area contributed by atoms with Crippen molar-refractivity contribution in [2.45, 2.75) is 26.2 Å². The second kappa shape index (κ2) is 3.38. The first kappa shape index (κ1) is 10.7. The van der Waals surface area contributed by atoms with Crippen molar-refractivity contribution in [2.75, 3.05) is 0 Å². The van der Waals surface area contributed by atoms with Crippen molar-refractivity contribution in [2.24, 2.45) is 0 Å². The number of aromatic nitrogens is 1. The van der Waals surface area contributed by atoms with Crippen molar-refractivity contribution < 1.29 is 9.90 Å². The van der Waals surface area contributed by atoms with Gasteiger partial charge in [0, 0.05) is 4.88 Å². The minimum Gasteiger partial charge on any atom is -0.476 e. The van der Waals surface area contributed by atoms with Crippen LogP contribution in [-0.4, -0.2) is 16.1 Å². The van der Waals surface area contributed by atoms with Crippen LogP contribution >= 0.6 is 27.3 Å². The van der Waals surface area contributed by atoms with Crippen LogP contribution in [-0.2, 0) is 5.41 Å². The number of carbonyl (C=O) groups is 1. The average molecular weight is 264 g/mol. The van der Waals surface area contributed by atoms with Crippen LogP contribution in [0.2, 0.25) is 0 Å². The number of thiazole rings is 1. The molecule has 1 aromatic heterocycles. The van der Waals surface area contributed by atoms with Crippen molar-refractivity contribution >= 4 is 33.2 Å². The molecule has 3 nitrogen and oxygen atoms in total. The Kier molecular flexibility index (Phi) is 2.77. The molecule has 0 saturated carbocycles. The molecular formula is C8H10BrNO2S. The Labute approximate surface area is 88.9 Å². The van der Waals surface area contributed by atoms with Crippen LogP contribution in [0.25, 0.3) is 0 Å². The maximum atomic E-state index is 10.6. The second-order valence-corrected chi connectivity index (χ2v) is 5.44. The highest BCUT2D eigenvalue weighted by molar-refractivity contribution is 9.10. The zero-order valence-corrected chi connectivity index (χ0v) is 9.99. The lowest BCUT2D eigenvalue weighted by Gasteiger charge is -2.15. The van der Waals surface area contributed by atoms with Crippen LogP contribution < -0.4 is 0 Å². The van der Waals surface area contributed by atoms with Gasteiger partial charge in [-0.05, 0) is 21.3 Å². The van der Waals surface area contributed by atoms with Crippen molar-refractivity contribution in [3.05, 3.63) is 14.5 Å². The molecule has 0 amide bonds. The first-order valence-corrected chi connectivity index (χ1v) is 5.33. The molecule has 0 fully saturated rings. The van der Waals surface area contributed by atoms with Crippen LogP contribution in [0.4, 0.5) is 0 Å². The molecule has 72 valence electrons. The van der Waals surface area contributed by atoms with Crippen LogP contribution in [0.15, 0.2) is 4.60 Å². The summed E-state index contributed by atoms with van der Waals surface area (Å²) in [5.41, 5.74) is -0.0653. The Morgan fingerprint density at radius 3 is 2.31 bits per heavy atom. The molecule has 0 aliphatic rings. The van der Waals surface area contributed by atoms with Gasteiger partial charge in [-0.15, -0.1) is 11.3 Å². The number of carboxylic acids is 1. The third-order valence-electron chi connectivity index (χ3n) is 1.45. The summed E-state index contributed by atoms with van der Waals surface area (Å²) in [6.45, 7) is 6.07. The lowest BCUT2D eigenvalue weighted by Crippen LogP contribution is -2.09. The minimum absolute atomic E-state index is 0.0653. The summed E-state index contributed by atoms with van der Waals surface area (Å²) in [7, 11) is 0. The molecule has 0 aliphatic carbocycles. The molecule has 0 saturated heterocycles. The van der Waals surface area contributed by atoms with E-state index in [0.29, 0.717) is 4.60 Å². The molecule has 0 radical (unpaired) electrons. The third-order valence-corrected chi connectivity index (χ3v) is 3.76. The van der Waals surface area contributed by atoms with Gasteiger partial charge in [0.15, 0.2) is 0 Å². The third kappa shape index (κ3) is 2.28. The van der Waals surface area contributed by atoms with E-state index in [1.54, 1.807) is 0 Å². The summed E-state index contributed by atoms with van der Waals surface area (Å²) in [6.07, 6.45) is 0. The molecule has 1 N–H and O–H groups in total. The zero-order chi connectivity index (χ0) is 10.2. The highest BCUT2D eigenvalue weighted by atomic mass is 79.9. The monoisotopic (exact) mass is 263 g/mol. The Hall–Kier alpha value is -0.420. The molecule has 0 atom stereocenters. The van der Waals surface area contributed by atoms with Gasteiger partial charge in [-0.1, -0.05) is 20.8 Å². The SMILES string of the molecule is CC(C)(C)c1sc(C(=O)O)nc1Br. The Morgan fingerprint density at radius 2 is 2.08 bits per heavy atom. The fourth-order valence-corrected chi connectivity index (χ4v) is 2.84. The first-order chi connectivity index (χ1) is 5.82. The maximum absolute atomic E-state index is 10.6. The molecule has 0 aliphatic heterocycles. The van der Waals surface area contributed by atoms with E-state index in [4.69, 9.17) is 5.11 Å². The van der Waals surface area contributed by atoms with Crippen LogP contribution in [0, 0.1) is 0 Å². The smallest absolute Gasteiger partial charge is 0.365 e. The van der Waals surface area contributed by atoms with Gasteiger partial charge >= 0.3 is 5.97 Å². The predicted octanol–water partition coefficient (Wildman–Crippen LogP) is 2.90. The minimum atomic E-state index is -0.971. The molecule has 5 heteroatoms. The lowest BCUT2D eigenvalue weighted by atomic mass is 9.96. The van der Waals surface area contributed by atoms with E-state index < -0.39 is 5.97 Å². The molecule has 0 spiro atoms. The quantitative estimate of drug-likeness (QED) is 0.848. The number of carboxylic acid groups (broad SMARTS) is 1. The molecule has 1 rings (SSSR count). The highest BCUT2D eigenvalue weighted by Crippen LogP contribution is 2.34. The van der Waals surface area contributed by atoms with Gasteiger partial charge in [0.1, 0.15) is 4.60 Å². The van der Waals surface area contributed by atoms with Gasteiger partial charge in [0.2, 0.25) is 5.01 Å². The molecule has 0 aromatic carbocycles. The average Bonchev–Trinajstić information content (AvgIpc) is 2.29. The summed E-state index contributed by atoms with van der Waals surface area (Å²) in [6, 6.07) is 0. The van der Waals surface area contributed by atoms with Gasteiger partial charge in [0.25, 0.3) is 0 Å². The number of halogens is 1. The summed E-state index contributed by atoms with van der Waals surface area (Å²) in [4.78, 5) is 15.5. The Balaban J connectivity index is 3.18. The summed E-state index contributed by atoms with van der Waals surface area (Å²) >= 11 is 4.47. The number of nitrogens with zero attached hydrogens (tertiary/aromatic N) is 1. The topological polar surface area (TPSA) is 50.2 Å². The highest BCUT2D eigenvalue weighted by Gasteiger charge is 2.23. The Bertz CT molecular complexity index is 340. The number of hydrogen-bond acceptors (Lipinski definition) is 3. The second-order valence-electron chi connectivity index (χ2n) is 3.69. The normalized spacial score (nSPS) is 11.7. The number of rotatable bonds is 1. The van der Waals surface area contributed by atoms with Gasteiger partial charge < -0.3 is 5.11 Å². The largest absolute Gasteiger partial charge is 0.476 e. The Morgan fingerprint density at radius 1 is 1.54 bits per heavy atom. The van der Waals surface area contributed by atoms with E-state index >= 15 is 0 Å². The summed E-state index contributed by atoms with van der Waals surface area (Å²) in [5.74, 6) is -0.971. The van der Waals surface area contributed by atoms with Crippen LogP contribution in [0.5, 0.6) is 0 Å². The van der Waals surface area contributed by atoms with E-state index in [1.807, 2.05) is 20.8 Å². The molecular weight excluding hydrogens is 254 g/mol. The molecule has 0 unspecified atom stereocenters. The number of hydrogen-bond donors (Lipinski definition) is 1. The fourth-order valence-electron chi connectivity index (χ4n) is 0.856. The first-order valence-electron chi connectivity index (χ1n) is 3.72. The molecule has 1 heterocycles. The van der Waals surface area contributed by atoms with E-state index in [1.165, 1.54) is 11.3 Å². The standard InChI is InChI=1S/C8H10BrNO2S/c1-8(2,3)4-5(9)10-6(13-4)7(11)12/h1-3H3,(H,11,12). The van der Waals surface area contributed by atoms with E-state index in [0.717, 1.165) is 4.88 Å². The van der Waals surface area contributed by atoms with Crippen molar-refractivity contribution in [3.8, 4) is 0 Å². The van der Waals surface area contributed by atoms with E-state index in [9.17, 15) is 4.79 Å². The van der Waals surface area contributed by atoms with Crippen LogP contribution in [0.3, 0.4) is 0 Å². The predicted molar refractivity (Wildman–Crippen MR) is 55.5 cm³/mol. The molecule has 0 bridgehead atoms. The number of aromatic carboxylic acids is 1. The summed E-state index contributed by atoms with van der Waals surface area (Å²) < 4.78 is 0.641. The zero-order valence-electron chi connectivity index (χ0n) is 7.59.